The number of carbonyl (C=O) groups is 1. The number of nitrogens with zero attached hydrogens (tertiary/aromatic N) is 1. The van der Waals surface area contributed by atoms with Gasteiger partial charge in [-0.1, -0.05) is 57.3 Å². The molecule has 2 aromatic carbocycles. The number of hydrogen-bond acceptors (Lipinski definition) is 1. The van der Waals surface area contributed by atoms with Crippen LogP contribution in [0.3, 0.4) is 0 Å². The Hall–Kier alpha value is -1.03. The van der Waals surface area contributed by atoms with Crippen molar-refractivity contribution in [3.8, 4) is 0 Å². The Morgan fingerprint density at radius 3 is 2.29 bits per heavy atom. The quantitative estimate of drug-likeness (QED) is 0.727. The molecular formula is C16H14BrCl2NO. The number of carbonyl (C=O) groups excluding carboxylic acids is 1. The van der Waals surface area contributed by atoms with Crippen LogP contribution in [0.5, 0.6) is 0 Å². The van der Waals surface area contributed by atoms with Crippen LogP contribution in [-0.2, 0) is 17.8 Å². The lowest BCUT2D eigenvalue weighted by Gasteiger charge is -2.17. The molecular weight excluding hydrogens is 373 g/mol. The van der Waals surface area contributed by atoms with Crippen molar-refractivity contribution in [2.45, 2.75) is 13.0 Å². The first-order valence-electron chi connectivity index (χ1n) is 6.38. The molecule has 0 saturated carbocycles. The van der Waals surface area contributed by atoms with Gasteiger partial charge in [0.05, 0.1) is 16.5 Å². The van der Waals surface area contributed by atoms with Gasteiger partial charge in [-0.25, -0.2) is 0 Å². The van der Waals surface area contributed by atoms with Crippen molar-refractivity contribution < 1.29 is 4.79 Å². The molecule has 0 aliphatic heterocycles. The summed E-state index contributed by atoms with van der Waals surface area (Å²) >= 11 is 15.2. The Bertz CT molecular complexity index is 643. The van der Waals surface area contributed by atoms with E-state index >= 15 is 0 Å². The van der Waals surface area contributed by atoms with E-state index in [2.05, 4.69) is 15.9 Å². The van der Waals surface area contributed by atoms with E-state index in [1.54, 1.807) is 24.1 Å². The summed E-state index contributed by atoms with van der Waals surface area (Å²) in [5.74, 6) is 0.0382. The summed E-state index contributed by atoms with van der Waals surface area (Å²) in [6, 6.07) is 13.2. The van der Waals surface area contributed by atoms with Crippen molar-refractivity contribution in [1.29, 1.82) is 0 Å². The van der Waals surface area contributed by atoms with Crippen LogP contribution in [-0.4, -0.2) is 17.9 Å². The van der Waals surface area contributed by atoms with Crippen LogP contribution in [0.2, 0.25) is 10.0 Å². The third-order valence-electron chi connectivity index (χ3n) is 3.10. The van der Waals surface area contributed by atoms with E-state index < -0.39 is 0 Å². The molecule has 0 fully saturated rings. The van der Waals surface area contributed by atoms with Gasteiger partial charge in [-0.2, -0.15) is 0 Å². The first kappa shape index (κ1) is 16.3. The van der Waals surface area contributed by atoms with E-state index in [1.165, 1.54) is 0 Å². The van der Waals surface area contributed by atoms with Crippen LogP contribution in [0, 0.1) is 0 Å². The highest BCUT2D eigenvalue weighted by Crippen LogP contribution is 2.23. The fraction of sp³-hybridized carbons (Fsp3) is 0.188. The average molecular weight is 387 g/mol. The van der Waals surface area contributed by atoms with Crippen molar-refractivity contribution >= 4 is 45.0 Å². The SMILES string of the molecule is CN(Cc1ccc(Br)cc1)C(=O)Cc1ccc(Cl)c(Cl)c1. The number of halogens is 3. The maximum atomic E-state index is 12.2. The Morgan fingerprint density at radius 2 is 1.67 bits per heavy atom. The monoisotopic (exact) mass is 385 g/mol. The van der Waals surface area contributed by atoms with Crippen molar-refractivity contribution in [1.82, 2.24) is 4.90 Å². The molecule has 0 aliphatic rings. The molecule has 0 N–H and O–H groups in total. The predicted octanol–water partition coefficient (Wildman–Crippen LogP) is 4.96. The summed E-state index contributed by atoms with van der Waals surface area (Å²) in [4.78, 5) is 13.9. The zero-order valence-electron chi connectivity index (χ0n) is 11.4. The molecule has 0 saturated heterocycles. The zero-order chi connectivity index (χ0) is 15.4. The maximum Gasteiger partial charge on any atom is 0.227 e. The number of rotatable bonds is 4. The molecule has 0 unspecified atom stereocenters. The van der Waals surface area contributed by atoms with E-state index in [0.717, 1.165) is 15.6 Å². The van der Waals surface area contributed by atoms with E-state index in [9.17, 15) is 4.79 Å². The number of likely N-dealkylation sites (N-methyl/N-ethyl adjacent to an activating group) is 1. The summed E-state index contributed by atoms with van der Waals surface area (Å²) in [6.45, 7) is 0.577. The molecule has 0 spiro atoms. The Labute approximate surface area is 142 Å². The van der Waals surface area contributed by atoms with Gasteiger partial charge in [0.25, 0.3) is 0 Å². The molecule has 0 heterocycles. The van der Waals surface area contributed by atoms with Crippen LogP contribution < -0.4 is 0 Å². The minimum Gasteiger partial charge on any atom is -0.341 e. The smallest absolute Gasteiger partial charge is 0.227 e. The van der Waals surface area contributed by atoms with Crippen LogP contribution in [0.4, 0.5) is 0 Å². The summed E-state index contributed by atoms with van der Waals surface area (Å²) in [7, 11) is 1.79. The predicted molar refractivity (Wildman–Crippen MR) is 90.8 cm³/mol. The van der Waals surface area contributed by atoms with Gasteiger partial charge in [-0.3, -0.25) is 4.79 Å². The number of amides is 1. The second-order valence-corrected chi connectivity index (χ2v) is 6.53. The fourth-order valence-electron chi connectivity index (χ4n) is 1.91. The Kier molecular flexibility index (Phi) is 5.68. The third-order valence-corrected chi connectivity index (χ3v) is 4.37. The second-order valence-electron chi connectivity index (χ2n) is 4.80. The highest BCUT2D eigenvalue weighted by Gasteiger charge is 2.11. The molecule has 0 aromatic heterocycles. The molecule has 0 aliphatic carbocycles. The lowest BCUT2D eigenvalue weighted by molar-refractivity contribution is -0.129. The first-order chi connectivity index (χ1) is 9.95. The van der Waals surface area contributed by atoms with Crippen LogP contribution in [0.25, 0.3) is 0 Å². The third kappa shape index (κ3) is 4.73. The van der Waals surface area contributed by atoms with Crippen LogP contribution >= 0.6 is 39.1 Å². The highest BCUT2D eigenvalue weighted by molar-refractivity contribution is 9.10. The largest absolute Gasteiger partial charge is 0.341 e. The Balaban J connectivity index is 1.98. The van der Waals surface area contributed by atoms with Gasteiger partial charge in [0, 0.05) is 18.1 Å². The maximum absolute atomic E-state index is 12.2. The molecule has 2 aromatic rings. The zero-order valence-corrected chi connectivity index (χ0v) is 14.5. The van der Waals surface area contributed by atoms with Crippen molar-refractivity contribution in [2.75, 3.05) is 7.05 Å². The van der Waals surface area contributed by atoms with Gasteiger partial charge in [-0.15, -0.1) is 0 Å². The summed E-state index contributed by atoms with van der Waals surface area (Å²) in [5.41, 5.74) is 1.94. The molecule has 1 amide bonds. The van der Waals surface area contributed by atoms with Gasteiger partial charge in [-0.05, 0) is 35.4 Å². The minimum absolute atomic E-state index is 0.0382. The summed E-state index contributed by atoms with van der Waals surface area (Å²) in [6.07, 6.45) is 0.309. The van der Waals surface area contributed by atoms with Crippen LogP contribution in [0.1, 0.15) is 11.1 Å². The number of hydrogen-bond donors (Lipinski definition) is 0. The van der Waals surface area contributed by atoms with Gasteiger partial charge in [0.15, 0.2) is 0 Å². The van der Waals surface area contributed by atoms with Gasteiger partial charge in [0.2, 0.25) is 5.91 Å². The molecule has 21 heavy (non-hydrogen) atoms. The number of benzene rings is 2. The summed E-state index contributed by atoms with van der Waals surface area (Å²) < 4.78 is 1.02. The van der Waals surface area contributed by atoms with Crippen molar-refractivity contribution in [3.05, 3.63) is 68.1 Å². The second kappa shape index (κ2) is 7.30. The van der Waals surface area contributed by atoms with Gasteiger partial charge < -0.3 is 4.90 Å². The molecule has 0 bridgehead atoms. The Morgan fingerprint density at radius 1 is 1.05 bits per heavy atom. The standard InChI is InChI=1S/C16H14BrCl2NO/c1-20(10-11-2-5-13(17)6-3-11)16(21)9-12-4-7-14(18)15(19)8-12/h2-8H,9-10H2,1H3. The average Bonchev–Trinajstić information content (AvgIpc) is 2.45. The molecule has 2 nitrogen and oxygen atoms in total. The first-order valence-corrected chi connectivity index (χ1v) is 7.93. The van der Waals surface area contributed by atoms with E-state index in [4.69, 9.17) is 23.2 Å². The lowest BCUT2D eigenvalue weighted by Crippen LogP contribution is -2.27. The summed E-state index contributed by atoms with van der Waals surface area (Å²) in [5, 5.41) is 0.966. The van der Waals surface area contributed by atoms with Gasteiger partial charge >= 0.3 is 0 Å². The molecule has 0 radical (unpaired) electrons. The highest BCUT2D eigenvalue weighted by atomic mass is 79.9. The molecule has 2 rings (SSSR count). The van der Waals surface area contributed by atoms with Crippen molar-refractivity contribution in [2.24, 2.45) is 0 Å². The molecule has 110 valence electrons. The van der Waals surface area contributed by atoms with E-state index in [0.29, 0.717) is 23.0 Å². The molecule has 0 atom stereocenters. The van der Waals surface area contributed by atoms with E-state index in [-0.39, 0.29) is 5.91 Å². The lowest BCUT2D eigenvalue weighted by atomic mass is 10.1. The van der Waals surface area contributed by atoms with Gasteiger partial charge in [0.1, 0.15) is 0 Å². The molecule has 5 heteroatoms. The van der Waals surface area contributed by atoms with E-state index in [1.807, 2.05) is 30.3 Å². The fourth-order valence-corrected chi connectivity index (χ4v) is 2.50. The topological polar surface area (TPSA) is 20.3 Å². The van der Waals surface area contributed by atoms with Crippen LogP contribution in [0.15, 0.2) is 46.9 Å². The normalized spacial score (nSPS) is 10.5. The minimum atomic E-state index is 0.0382. The van der Waals surface area contributed by atoms with Crippen molar-refractivity contribution in [3.63, 3.8) is 0 Å².